The fraction of sp³-hybridized carbons (Fsp3) is 0. The molecule has 27 heavy (non-hydrogen) atoms. The van der Waals surface area contributed by atoms with Crippen LogP contribution in [0.4, 0.5) is 11.5 Å². The largest absolute Gasteiger partial charge is 0.478 e. The SMILES string of the molecule is O=C(O)c1ccc(-c2ccc(/C=N\Nc3ncccc3[N+](=O)[O-])o2)cc1Cl. The van der Waals surface area contributed by atoms with Gasteiger partial charge in [0, 0.05) is 17.8 Å². The van der Waals surface area contributed by atoms with Crippen molar-refractivity contribution in [2.24, 2.45) is 5.10 Å². The third-order valence-electron chi connectivity index (χ3n) is 3.46. The van der Waals surface area contributed by atoms with Crippen LogP contribution in [-0.4, -0.2) is 27.2 Å². The van der Waals surface area contributed by atoms with Gasteiger partial charge in [-0.3, -0.25) is 15.5 Å². The summed E-state index contributed by atoms with van der Waals surface area (Å²) in [5.41, 5.74) is 2.88. The maximum absolute atomic E-state index is 11.0. The van der Waals surface area contributed by atoms with E-state index in [1.165, 1.54) is 36.7 Å². The van der Waals surface area contributed by atoms with Crippen LogP contribution in [0.25, 0.3) is 11.3 Å². The molecule has 0 aliphatic rings. The van der Waals surface area contributed by atoms with Gasteiger partial charge in [-0.1, -0.05) is 17.7 Å². The van der Waals surface area contributed by atoms with Crippen LogP contribution in [0.2, 0.25) is 5.02 Å². The average Bonchev–Trinajstić information content (AvgIpc) is 3.10. The van der Waals surface area contributed by atoms with Gasteiger partial charge in [0.1, 0.15) is 11.5 Å². The number of hydrogen-bond donors (Lipinski definition) is 2. The number of rotatable bonds is 6. The van der Waals surface area contributed by atoms with Gasteiger partial charge in [0.05, 0.1) is 21.7 Å². The lowest BCUT2D eigenvalue weighted by Crippen LogP contribution is -1.98. The lowest BCUT2D eigenvalue weighted by atomic mass is 10.1. The first-order valence-electron chi connectivity index (χ1n) is 7.47. The number of benzene rings is 1. The molecule has 10 heteroatoms. The van der Waals surface area contributed by atoms with Crippen molar-refractivity contribution in [1.82, 2.24) is 4.98 Å². The van der Waals surface area contributed by atoms with E-state index in [9.17, 15) is 14.9 Å². The van der Waals surface area contributed by atoms with E-state index in [0.29, 0.717) is 17.1 Å². The van der Waals surface area contributed by atoms with Gasteiger partial charge >= 0.3 is 11.7 Å². The fourth-order valence-electron chi connectivity index (χ4n) is 2.21. The van der Waals surface area contributed by atoms with Crippen LogP contribution in [0, 0.1) is 10.1 Å². The van der Waals surface area contributed by atoms with Gasteiger partial charge in [-0.2, -0.15) is 5.10 Å². The zero-order chi connectivity index (χ0) is 19.4. The number of furan rings is 1. The molecule has 2 N–H and O–H groups in total. The number of carbonyl (C=O) groups is 1. The molecule has 0 unspecified atom stereocenters. The number of carboxylic acid groups (broad SMARTS) is 1. The second kappa shape index (κ2) is 7.67. The zero-order valence-electron chi connectivity index (χ0n) is 13.5. The highest BCUT2D eigenvalue weighted by Crippen LogP contribution is 2.27. The molecule has 0 atom stereocenters. The van der Waals surface area contributed by atoms with E-state index in [2.05, 4.69) is 15.5 Å². The number of nitrogens with one attached hydrogen (secondary N) is 1. The number of anilines is 1. The Kier molecular flexibility index (Phi) is 5.13. The highest BCUT2D eigenvalue weighted by atomic mass is 35.5. The smallest absolute Gasteiger partial charge is 0.337 e. The number of nitrogens with zero attached hydrogens (tertiary/aromatic N) is 3. The van der Waals surface area contributed by atoms with Crippen LogP contribution in [0.5, 0.6) is 0 Å². The van der Waals surface area contributed by atoms with Crippen molar-refractivity contribution < 1.29 is 19.2 Å². The van der Waals surface area contributed by atoms with E-state index in [4.69, 9.17) is 21.1 Å². The number of aromatic carboxylic acids is 1. The number of aromatic nitrogens is 1. The van der Waals surface area contributed by atoms with Gasteiger partial charge in [-0.15, -0.1) is 0 Å². The van der Waals surface area contributed by atoms with Crippen molar-refractivity contribution in [3.05, 3.63) is 75.1 Å². The Bertz CT molecular complexity index is 1050. The molecule has 1 aromatic carbocycles. The summed E-state index contributed by atoms with van der Waals surface area (Å²) in [5.74, 6) is -0.288. The van der Waals surface area contributed by atoms with Crippen molar-refractivity contribution in [1.29, 1.82) is 0 Å². The summed E-state index contributed by atoms with van der Waals surface area (Å²) >= 11 is 5.95. The molecule has 2 heterocycles. The minimum absolute atomic E-state index is 0.00145. The summed E-state index contributed by atoms with van der Waals surface area (Å²) in [6.45, 7) is 0. The highest BCUT2D eigenvalue weighted by molar-refractivity contribution is 6.33. The third-order valence-corrected chi connectivity index (χ3v) is 3.77. The molecule has 0 fully saturated rings. The standard InChI is InChI=1S/C17H11ClN4O5/c18-13-8-10(3-5-12(13)17(23)24)15-6-4-11(27-15)9-20-21-16-14(22(25)26)2-1-7-19-16/h1-9H,(H,19,21)(H,23,24)/b20-9-. The van der Waals surface area contributed by atoms with Crippen LogP contribution in [-0.2, 0) is 0 Å². The molecule has 0 aliphatic carbocycles. The predicted octanol–water partition coefficient (Wildman–Crippen LogP) is 4.05. The molecule has 2 aromatic heterocycles. The lowest BCUT2D eigenvalue weighted by Gasteiger charge is -2.01. The van der Waals surface area contributed by atoms with E-state index < -0.39 is 10.9 Å². The summed E-state index contributed by atoms with van der Waals surface area (Å²) < 4.78 is 5.59. The summed E-state index contributed by atoms with van der Waals surface area (Å²) in [5, 5.41) is 23.9. The summed E-state index contributed by atoms with van der Waals surface area (Å²) in [4.78, 5) is 25.2. The van der Waals surface area contributed by atoms with Crippen molar-refractivity contribution in [2.45, 2.75) is 0 Å². The van der Waals surface area contributed by atoms with Gasteiger partial charge in [-0.05, 0) is 30.3 Å². The van der Waals surface area contributed by atoms with Gasteiger partial charge < -0.3 is 9.52 Å². The van der Waals surface area contributed by atoms with Crippen LogP contribution < -0.4 is 5.43 Å². The Morgan fingerprint density at radius 3 is 2.85 bits per heavy atom. The van der Waals surface area contributed by atoms with Crippen LogP contribution in [0.3, 0.4) is 0 Å². The normalized spacial score (nSPS) is 10.9. The zero-order valence-corrected chi connectivity index (χ0v) is 14.3. The van der Waals surface area contributed by atoms with Crippen molar-refractivity contribution >= 4 is 35.3 Å². The molecule has 0 aliphatic heterocycles. The van der Waals surface area contributed by atoms with E-state index in [0.717, 1.165) is 0 Å². The number of hydrazone groups is 1. The first-order chi connectivity index (χ1) is 13.0. The predicted molar refractivity (Wildman–Crippen MR) is 98.2 cm³/mol. The highest BCUT2D eigenvalue weighted by Gasteiger charge is 2.13. The summed E-state index contributed by atoms with van der Waals surface area (Å²) in [7, 11) is 0. The maximum Gasteiger partial charge on any atom is 0.337 e. The molecule has 3 rings (SSSR count). The second-order valence-electron chi connectivity index (χ2n) is 5.20. The van der Waals surface area contributed by atoms with Crippen molar-refractivity contribution in [3.63, 3.8) is 0 Å². The quantitative estimate of drug-likeness (QED) is 0.371. The van der Waals surface area contributed by atoms with Crippen LogP contribution in [0.15, 0.2) is 58.2 Å². The van der Waals surface area contributed by atoms with Crippen molar-refractivity contribution in [2.75, 3.05) is 5.43 Å². The van der Waals surface area contributed by atoms with Gasteiger partial charge in [-0.25, -0.2) is 9.78 Å². The molecule has 0 saturated carbocycles. The van der Waals surface area contributed by atoms with Crippen LogP contribution >= 0.6 is 11.6 Å². The molecule has 0 amide bonds. The number of nitro groups is 1. The van der Waals surface area contributed by atoms with Crippen LogP contribution in [0.1, 0.15) is 16.1 Å². The Hall–Kier alpha value is -3.72. The van der Waals surface area contributed by atoms with E-state index in [1.807, 2.05) is 0 Å². The molecule has 0 bridgehead atoms. The Labute approximate surface area is 157 Å². The first kappa shape index (κ1) is 18.1. The van der Waals surface area contributed by atoms with E-state index >= 15 is 0 Å². The maximum atomic E-state index is 11.0. The molecule has 9 nitrogen and oxygen atoms in total. The molecular weight excluding hydrogens is 376 g/mol. The molecule has 3 aromatic rings. The van der Waals surface area contributed by atoms with Gasteiger partial charge in [0.25, 0.3) is 0 Å². The number of hydrogen-bond acceptors (Lipinski definition) is 7. The molecule has 0 radical (unpaired) electrons. The van der Waals surface area contributed by atoms with E-state index in [-0.39, 0.29) is 22.1 Å². The third kappa shape index (κ3) is 4.10. The summed E-state index contributed by atoms with van der Waals surface area (Å²) in [6, 6.07) is 10.5. The minimum atomic E-state index is -1.12. The molecule has 136 valence electrons. The monoisotopic (exact) mass is 386 g/mol. The average molecular weight is 387 g/mol. The van der Waals surface area contributed by atoms with Gasteiger partial charge in [0.15, 0.2) is 0 Å². The lowest BCUT2D eigenvalue weighted by molar-refractivity contribution is -0.384. The Morgan fingerprint density at radius 2 is 2.15 bits per heavy atom. The summed E-state index contributed by atoms with van der Waals surface area (Å²) in [6.07, 6.45) is 2.73. The number of halogens is 1. The molecule has 0 saturated heterocycles. The fourth-order valence-corrected chi connectivity index (χ4v) is 2.47. The molecular formula is C17H11ClN4O5. The first-order valence-corrected chi connectivity index (χ1v) is 7.85. The second-order valence-corrected chi connectivity index (χ2v) is 5.61. The topological polar surface area (TPSA) is 131 Å². The van der Waals surface area contributed by atoms with Crippen molar-refractivity contribution in [3.8, 4) is 11.3 Å². The Balaban J connectivity index is 1.75. The molecule has 0 spiro atoms. The minimum Gasteiger partial charge on any atom is -0.478 e. The number of carboxylic acids is 1. The Morgan fingerprint density at radius 1 is 1.33 bits per heavy atom. The number of pyridine rings is 1. The van der Waals surface area contributed by atoms with E-state index in [1.54, 1.807) is 18.2 Å². The van der Waals surface area contributed by atoms with Gasteiger partial charge in [0.2, 0.25) is 5.82 Å².